The zero-order valence-electron chi connectivity index (χ0n) is 12.2. The molecule has 2 aliphatic rings. The molecule has 20 heavy (non-hydrogen) atoms. The normalized spacial score (nSPS) is 26.5. The molecule has 0 bridgehead atoms. The van der Waals surface area contributed by atoms with Gasteiger partial charge in [0.15, 0.2) is 0 Å². The van der Waals surface area contributed by atoms with Gasteiger partial charge in [0.1, 0.15) is 0 Å². The molecule has 2 heterocycles. The van der Waals surface area contributed by atoms with E-state index in [2.05, 4.69) is 28.4 Å². The van der Waals surface area contributed by atoms with Gasteiger partial charge < -0.3 is 10.2 Å². The minimum atomic E-state index is 0.624. The first-order chi connectivity index (χ1) is 9.79. The van der Waals surface area contributed by atoms with Gasteiger partial charge in [-0.3, -0.25) is 0 Å². The van der Waals surface area contributed by atoms with E-state index in [-0.39, 0.29) is 0 Å². The number of piperidine rings is 1. The topological polar surface area (TPSA) is 39.1 Å². The van der Waals surface area contributed by atoms with E-state index >= 15 is 0 Å². The van der Waals surface area contributed by atoms with Crippen molar-refractivity contribution in [2.45, 2.75) is 51.1 Å². The molecule has 0 radical (unpaired) electrons. The van der Waals surface area contributed by atoms with Gasteiger partial charge in [0.25, 0.3) is 0 Å². The smallest absolute Gasteiger partial charge is 0.0994 e. The molecule has 3 nitrogen and oxygen atoms in total. The number of benzene rings is 1. The van der Waals surface area contributed by atoms with Crippen molar-refractivity contribution >= 4 is 5.69 Å². The van der Waals surface area contributed by atoms with E-state index in [1.807, 2.05) is 13.0 Å². The molecule has 3 heteroatoms. The van der Waals surface area contributed by atoms with E-state index in [4.69, 9.17) is 5.26 Å². The fourth-order valence-corrected chi connectivity index (χ4v) is 3.69. The molecule has 0 saturated carbocycles. The van der Waals surface area contributed by atoms with E-state index in [0.717, 1.165) is 17.7 Å². The first-order valence-electron chi connectivity index (χ1n) is 7.80. The molecule has 0 aromatic heterocycles. The van der Waals surface area contributed by atoms with E-state index in [1.54, 1.807) is 0 Å². The third-order valence-corrected chi connectivity index (χ3v) is 4.77. The summed E-state index contributed by atoms with van der Waals surface area (Å²) in [6.45, 7) is 4.35. The van der Waals surface area contributed by atoms with Gasteiger partial charge in [-0.1, -0.05) is 0 Å². The summed E-state index contributed by atoms with van der Waals surface area (Å²) in [6.07, 6.45) is 6.52. The van der Waals surface area contributed by atoms with Crippen LogP contribution in [0.1, 0.15) is 43.2 Å². The standard InChI is InChI=1S/C17H23N3/c1-13-11-15(8-7-14(13)12-18)20-10-3-2-6-17(20)16-5-4-9-19-16/h7-8,11,16-17,19H,2-6,9-10H2,1H3. The Hall–Kier alpha value is -1.53. The molecule has 0 aliphatic carbocycles. The zero-order valence-corrected chi connectivity index (χ0v) is 12.2. The van der Waals surface area contributed by atoms with Gasteiger partial charge in [-0.15, -0.1) is 0 Å². The predicted octanol–water partition coefficient (Wildman–Crippen LogP) is 2.98. The summed E-state index contributed by atoms with van der Waals surface area (Å²) >= 11 is 0. The lowest BCUT2D eigenvalue weighted by Gasteiger charge is -2.41. The highest BCUT2D eigenvalue weighted by atomic mass is 15.2. The number of nitrogens with one attached hydrogen (secondary N) is 1. The maximum absolute atomic E-state index is 9.07. The van der Waals surface area contributed by atoms with Crippen molar-refractivity contribution in [1.29, 1.82) is 5.26 Å². The van der Waals surface area contributed by atoms with E-state index in [1.165, 1.54) is 44.3 Å². The van der Waals surface area contributed by atoms with Gasteiger partial charge in [0.2, 0.25) is 0 Å². The molecule has 2 unspecified atom stereocenters. The average molecular weight is 269 g/mol. The molecular weight excluding hydrogens is 246 g/mol. The maximum atomic E-state index is 9.07. The molecule has 0 amide bonds. The summed E-state index contributed by atoms with van der Waals surface area (Å²) in [5.74, 6) is 0. The fraction of sp³-hybridized carbons (Fsp3) is 0.588. The van der Waals surface area contributed by atoms with Crippen molar-refractivity contribution in [3.8, 4) is 6.07 Å². The van der Waals surface area contributed by atoms with Gasteiger partial charge in [0, 0.05) is 24.3 Å². The number of nitriles is 1. The number of rotatable bonds is 2. The van der Waals surface area contributed by atoms with Crippen LogP contribution in [0.5, 0.6) is 0 Å². The Morgan fingerprint density at radius 3 is 2.85 bits per heavy atom. The van der Waals surface area contributed by atoms with Crippen molar-refractivity contribution in [2.24, 2.45) is 0 Å². The molecule has 1 N–H and O–H groups in total. The van der Waals surface area contributed by atoms with E-state index in [0.29, 0.717) is 12.1 Å². The average Bonchev–Trinajstić information content (AvgIpc) is 3.01. The number of hydrogen-bond donors (Lipinski definition) is 1. The second-order valence-corrected chi connectivity index (χ2v) is 6.07. The van der Waals surface area contributed by atoms with Gasteiger partial charge in [-0.2, -0.15) is 5.26 Å². The predicted molar refractivity (Wildman–Crippen MR) is 81.9 cm³/mol. The number of aryl methyl sites for hydroxylation is 1. The summed E-state index contributed by atoms with van der Waals surface area (Å²) in [5, 5.41) is 12.7. The molecule has 106 valence electrons. The lowest BCUT2D eigenvalue weighted by atomic mass is 9.93. The molecule has 2 saturated heterocycles. The van der Waals surface area contributed by atoms with Crippen LogP contribution in [0.15, 0.2) is 18.2 Å². The summed E-state index contributed by atoms with van der Waals surface area (Å²) in [5.41, 5.74) is 3.18. The third kappa shape index (κ3) is 2.53. The largest absolute Gasteiger partial charge is 0.367 e. The summed E-state index contributed by atoms with van der Waals surface area (Å²) < 4.78 is 0. The molecule has 1 aromatic carbocycles. The van der Waals surface area contributed by atoms with Gasteiger partial charge in [-0.25, -0.2) is 0 Å². The van der Waals surface area contributed by atoms with Crippen molar-refractivity contribution in [2.75, 3.05) is 18.0 Å². The number of hydrogen-bond acceptors (Lipinski definition) is 3. The molecule has 2 fully saturated rings. The highest BCUT2D eigenvalue weighted by Gasteiger charge is 2.31. The Morgan fingerprint density at radius 2 is 2.15 bits per heavy atom. The van der Waals surface area contributed by atoms with Gasteiger partial charge >= 0.3 is 0 Å². The summed E-state index contributed by atoms with van der Waals surface area (Å²) in [7, 11) is 0. The quantitative estimate of drug-likeness (QED) is 0.897. The Bertz CT molecular complexity index is 511. The molecule has 0 spiro atoms. The first-order valence-corrected chi connectivity index (χ1v) is 7.80. The van der Waals surface area contributed by atoms with Crippen LogP contribution in [0.3, 0.4) is 0 Å². The van der Waals surface area contributed by atoms with Crippen LogP contribution in [0.4, 0.5) is 5.69 Å². The first kappa shape index (κ1) is 13.5. The molecule has 3 rings (SSSR count). The van der Waals surface area contributed by atoms with Crippen LogP contribution in [-0.2, 0) is 0 Å². The Balaban J connectivity index is 1.85. The van der Waals surface area contributed by atoms with Crippen LogP contribution in [0.2, 0.25) is 0 Å². The van der Waals surface area contributed by atoms with Crippen LogP contribution < -0.4 is 10.2 Å². The number of nitrogens with zero attached hydrogens (tertiary/aromatic N) is 2. The van der Waals surface area contributed by atoms with Gasteiger partial charge in [-0.05, 0) is 69.3 Å². The van der Waals surface area contributed by atoms with Crippen LogP contribution in [0.25, 0.3) is 0 Å². The van der Waals surface area contributed by atoms with E-state index < -0.39 is 0 Å². The Morgan fingerprint density at radius 1 is 1.25 bits per heavy atom. The minimum Gasteiger partial charge on any atom is -0.367 e. The van der Waals surface area contributed by atoms with E-state index in [9.17, 15) is 0 Å². The zero-order chi connectivity index (χ0) is 13.9. The fourth-order valence-electron chi connectivity index (χ4n) is 3.69. The Labute approximate surface area is 121 Å². The molecule has 2 aliphatic heterocycles. The SMILES string of the molecule is Cc1cc(N2CCCCC2C2CCCN2)ccc1C#N. The monoisotopic (exact) mass is 269 g/mol. The highest BCUT2D eigenvalue weighted by molar-refractivity contribution is 5.54. The van der Waals surface area contributed by atoms with Crippen molar-refractivity contribution in [3.05, 3.63) is 29.3 Å². The van der Waals surface area contributed by atoms with Crippen molar-refractivity contribution < 1.29 is 0 Å². The number of anilines is 1. The highest BCUT2D eigenvalue weighted by Crippen LogP contribution is 2.30. The Kier molecular flexibility index (Phi) is 3.93. The minimum absolute atomic E-state index is 0.624. The lowest BCUT2D eigenvalue weighted by Crippen LogP contribution is -2.50. The van der Waals surface area contributed by atoms with Crippen LogP contribution in [-0.4, -0.2) is 25.2 Å². The summed E-state index contributed by atoms with van der Waals surface area (Å²) in [6, 6.07) is 9.81. The lowest BCUT2D eigenvalue weighted by molar-refractivity contribution is 0.378. The van der Waals surface area contributed by atoms with Crippen LogP contribution >= 0.6 is 0 Å². The summed E-state index contributed by atoms with van der Waals surface area (Å²) in [4.78, 5) is 2.57. The molecule has 2 atom stereocenters. The molecule has 1 aromatic rings. The maximum Gasteiger partial charge on any atom is 0.0994 e. The van der Waals surface area contributed by atoms with Crippen molar-refractivity contribution in [3.63, 3.8) is 0 Å². The molecular formula is C17H23N3. The van der Waals surface area contributed by atoms with Crippen LogP contribution in [0, 0.1) is 18.3 Å². The van der Waals surface area contributed by atoms with Crippen molar-refractivity contribution in [1.82, 2.24) is 5.32 Å². The second-order valence-electron chi connectivity index (χ2n) is 6.07. The third-order valence-electron chi connectivity index (χ3n) is 4.77. The van der Waals surface area contributed by atoms with Gasteiger partial charge in [0.05, 0.1) is 11.6 Å². The second kappa shape index (κ2) is 5.85.